The first-order valence-corrected chi connectivity index (χ1v) is 10.9. The summed E-state index contributed by atoms with van der Waals surface area (Å²) in [5.41, 5.74) is 3.60. The summed E-state index contributed by atoms with van der Waals surface area (Å²) in [6.45, 7) is -2.94. The maximum absolute atomic E-state index is 13.1. The number of anilines is 1. The van der Waals surface area contributed by atoms with E-state index >= 15 is 0 Å². The average molecular weight is 505 g/mol. The zero-order valence-corrected chi connectivity index (χ0v) is 18.4. The standard InChI is InChI=1S/C23H17BrClF2N3O/c24-14-7-5-13(6-8-14)20-12-18(16-10-9-15(25)11-21(16)31-22(26)27)29-23-28-17-3-1-2-4-19(17)30(20)23/h1-11,18,20,22H,12H2,(H,28,29). The number of hydrogen-bond donors (Lipinski definition) is 1. The molecule has 0 saturated heterocycles. The van der Waals surface area contributed by atoms with Gasteiger partial charge in [-0.3, -0.25) is 0 Å². The van der Waals surface area contributed by atoms with Crippen molar-refractivity contribution in [3.05, 3.63) is 87.4 Å². The zero-order valence-electron chi connectivity index (χ0n) is 16.1. The van der Waals surface area contributed by atoms with Crippen LogP contribution in [0.25, 0.3) is 11.0 Å². The fraction of sp³-hybridized carbons (Fsp3) is 0.174. The number of nitrogens with zero attached hydrogens (tertiary/aromatic N) is 2. The van der Waals surface area contributed by atoms with E-state index in [9.17, 15) is 8.78 Å². The van der Waals surface area contributed by atoms with Crippen molar-refractivity contribution in [2.75, 3.05) is 5.32 Å². The number of rotatable bonds is 4. The lowest BCUT2D eigenvalue weighted by atomic mass is 9.92. The number of hydrogen-bond acceptors (Lipinski definition) is 3. The van der Waals surface area contributed by atoms with Crippen LogP contribution in [0.1, 0.15) is 29.6 Å². The molecule has 4 nitrogen and oxygen atoms in total. The minimum atomic E-state index is -2.94. The molecule has 8 heteroatoms. The van der Waals surface area contributed by atoms with Crippen molar-refractivity contribution in [2.45, 2.75) is 25.1 Å². The average Bonchev–Trinajstić information content (AvgIpc) is 3.12. The van der Waals surface area contributed by atoms with Gasteiger partial charge in [0.05, 0.1) is 23.1 Å². The van der Waals surface area contributed by atoms with Gasteiger partial charge in [0.1, 0.15) is 5.75 Å². The number of para-hydroxylation sites is 2. The molecule has 0 bridgehead atoms. The topological polar surface area (TPSA) is 39.1 Å². The molecule has 0 spiro atoms. The van der Waals surface area contributed by atoms with E-state index < -0.39 is 6.61 Å². The Hall–Kier alpha value is -2.64. The van der Waals surface area contributed by atoms with Crippen molar-refractivity contribution >= 4 is 44.5 Å². The summed E-state index contributed by atoms with van der Waals surface area (Å²) in [6, 6.07) is 20.6. The number of aromatic nitrogens is 2. The van der Waals surface area contributed by atoms with Crippen molar-refractivity contribution in [1.29, 1.82) is 0 Å². The summed E-state index contributed by atoms with van der Waals surface area (Å²) >= 11 is 9.54. The lowest BCUT2D eigenvalue weighted by Crippen LogP contribution is -2.27. The second-order valence-corrected chi connectivity index (χ2v) is 8.71. The summed E-state index contributed by atoms with van der Waals surface area (Å²) in [7, 11) is 0. The molecule has 5 rings (SSSR count). The van der Waals surface area contributed by atoms with Crippen LogP contribution in [0, 0.1) is 0 Å². The molecule has 0 aliphatic carbocycles. The minimum absolute atomic E-state index is 0.0446. The first-order valence-electron chi connectivity index (χ1n) is 9.73. The third-order valence-electron chi connectivity index (χ3n) is 5.49. The van der Waals surface area contributed by atoms with Gasteiger partial charge in [0.15, 0.2) is 0 Å². The van der Waals surface area contributed by atoms with Gasteiger partial charge in [0.25, 0.3) is 0 Å². The summed E-state index contributed by atoms with van der Waals surface area (Å²) in [4.78, 5) is 4.76. The van der Waals surface area contributed by atoms with Gasteiger partial charge < -0.3 is 14.6 Å². The molecular weight excluding hydrogens is 488 g/mol. The van der Waals surface area contributed by atoms with Crippen LogP contribution in [0.4, 0.5) is 14.7 Å². The summed E-state index contributed by atoms with van der Waals surface area (Å²) in [6.07, 6.45) is 0.621. The Labute approximate surface area is 190 Å². The third-order valence-corrected chi connectivity index (χ3v) is 6.26. The number of nitrogens with one attached hydrogen (secondary N) is 1. The molecule has 2 unspecified atom stereocenters. The molecular formula is C23H17BrClF2N3O. The number of halogens is 4. The fourth-order valence-corrected chi connectivity index (χ4v) is 4.60. The quantitative estimate of drug-likeness (QED) is 0.319. The van der Waals surface area contributed by atoms with Crippen LogP contribution in [0.5, 0.6) is 5.75 Å². The third kappa shape index (κ3) is 3.88. The molecule has 0 fully saturated rings. The predicted molar refractivity (Wildman–Crippen MR) is 121 cm³/mol. The number of ether oxygens (including phenoxy) is 1. The van der Waals surface area contributed by atoms with E-state index in [0.29, 0.717) is 23.0 Å². The van der Waals surface area contributed by atoms with Crippen LogP contribution in [0.3, 0.4) is 0 Å². The highest BCUT2D eigenvalue weighted by molar-refractivity contribution is 9.10. The van der Waals surface area contributed by atoms with Gasteiger partial charge in [-0.2, -0.15) is 8.78 Å². The molecule has 1 N–H and O–H groups in total. The monoisotopic (exact) mass is 503 g/mol. The predicted octanol–water partition coefficient (Wildman–Crippen LogP) is 7.20. The Morgan fingerprint density at radius 2 is 1.87 bits per heavy atom. The fourth-order valence-electron chi connectivity index (χ4n) is 4.17. The van der Waals surface area contributed by atoms with Gasteiger partial charge in [0, 0.05) is 15.1 Å². The minimum Gasteiger partial charge on any atom is -0.434 e. The van der Waals surface area contributed by atoms with Crippen molar-refractivity contribution in [2.24, 2.45) is 0 Å². The molecule has 2 atom stereocenters. The Morgan fingerprint density at radius 1 is 1.10 bits per heavy atom. The van der Waals surface area contributed by atoms with E-state index in [-0.39, 0.29) is 17.8 Å². The van der Waals surface area contributed by atoms with Gasteiger partial charge in [-0.1, -0.05) is 57.9 Å². The second-order valence-electron chi connectivity index (χ2n) is 7.35. The largest absolute Gasteiger partial charge is 0.434 e. The van der Waals surface area contributed by atoms with Crippen LogP contribution in [0.2, 0.25) is 5.02 Å². The Bertz CT molecular complexity index is 1250. The summed E-state index contributed by atoms with van der Waals surface area (Å²) in [5.74, 6) is 0.752. The normalized spacial score (nSPS) is 18.1. The van der Waals surface area contributed by atoms with Crippen LogP contribution in [-0.2, 0) is 0 Å². The molecule has 3 aromatic carbocycles. The molecule has 0 radical (unpaired) electrons. The summed E-state index contributed by atoms with van der Waals surface area (Å²) < 4.78 is 34.0. The van der Waals surface area contributed by atoms with E-state index in [4.69, 9.17) is 21.3 Å². The first kappa shape index (κ1) is 20.3. The second kappa shape index (κ2) is 8.13. The Morgan fingerprint density at radius 3 is 2.65 bits per heavy atom. The molecule has 2 heterocycles. The number of imidazole rings is 1. The Kier molecular flexibility index (Phi) is 5.32. The Balaban J connectivity index is 1.64. The summed E-state index contributed by atoms with van der Waals surface area (Å²) in [5, 5.41) is 3.76. The molecule has 158 valence electrons. The number of fused-ring (bicyclic) bond motifs is 3. The SMILES string of the molecule is FC(F)Oc1cc(Cl)ccc1C1CC(c2ccc(Br)cc2)n2c(nc3ccccc32)N1. The van der Waals surface area contributed by atoms with Gasteiger partial charge >= 0.3 is 6.61 Å². The maximum Gasteiger partial charge on any atom is 0.387 e. The molecule has 1 aliphatic heterocycles. The highest BCUT2D eigenvalue weighted by Gasteiger charge is 2.32. The van der Waals surface area contributed by atoms with Crippen molar-refractivity contribution in [1.82, 2.24) is 9.55 Å². The highest BCUT2D eigenvalue weighted by atomic mass is 79.9. The lowest BCUT2D eigenvalue weighted by molar-refractivity contribution is -0.0506. The van der Waals surface area contributed by atoms with Crippen LogP contribution in [-0.4, -0.2) is 16.2 Å². The number of benzene rings is 3. The van der Waals surface area contributed by atoms with Crippen LogP contribution in [0.15, 0.2) is 71.2 Å². The van der Waals surface area contributed by atoms with Crippen LogP contribution < -0.4 is 10.1 Å². The number of alkyl halides is 2. The van der Waals surface area contributed by atoms with Crippen LogP contribution >= 0.6 is 27.5 Å². The van der Waals surface area contributed by atoms with Crippen molar-refractivity contribution in [3.8, 4) is 5.75 Å². The molecule has 31 heavy (non-hydrogen) atoms. The van der Waals surface area contributed by atoms with Gasteiger partial charge in [-0.25, -0.2) is 4.98 Å². The zero-order chi connectivity index (χ0) is 21.5. The van der Waals surface area contributed by atoms with Gasteiger partial charge in [-0.15, -0.1) is 0 Å². The van der Waals surface area contributed by atoms with Gasteiger partial charge in [-0.05, 0) is 48.4 Å². The maximum atomic E-state index is 13.1. The van der Waals surface area contributed by atoms with Crippen molar-refractivity contribution < 1.29 is 13.5 Å². The van der Waals surface area contributed by atoms with E-state index in [0.717, 1.165) is 21.1 Å². The first-order chi connectivity index (χ1) is 15.0. The van der Waals surface area contributed by atoms with E-state index in [1.165, 1.54) is 6.07 Å². The van der Waals surface area contributed by atoms with E-state index in [1.54, 1.807) is 12.1 Å². The highest BCUT2D eigenvalue weighted by Crippen LogP contribution is 2.44. The van der Waals surface area contributed by atoms with Gasteiger partial charge in [0.2, 0.25) is 5.95 Å². The van der Waals surface area contributed by atoms with E-state index in [2.05, 4.69) is 37.9 Å². The van der Waals surface area contributed by atoms with Crippen molar-refractivity contribution in [3.63, 3.8) is 0 Å². The molecule has 0 saturated carbocycles. The molecule has 4 aromatic rings. The molecule has 1 aromatic heterocycles. The molecule has 1 aliphatic rings. The lowest BCUT2D eigenvalue weighted by Gasteiger charge is -2.34. The molecule has 0 amide bonds. The van der Waals surface area contributed by atoms with E-state index in [1.807, 2.05) is 36.4 Å². The smallest absolute Gasteiger partial charge is 0.387 e.